The predicted molar refractivity (Wildman–Crippen MR) is 81.7 cm³/mol. The molecule has 0 spiro atoms. The summed E-state index contributed by atoms with van der Waals surface area (Å²) < 4.78 is 10.7. The molecule has 0 aliphatic carbocycles. The monoisotopic (exact) mass is 254 g/mol. The van der Waals surface area contributed by atoms with Crippen molar-refractivity contribution in [3.63, 3.8) is 0 Å². The Bertz CT molecular complexity index is 708. The minimum atomic E-state index is 0.843. The second-order valence-corrected chi connectivity index (χ2v) is 3.88. The molecule has 2 heteroatoms. The highest BCUT2D eigenvalue weighted by atomic mass is 16.5. The van der Waals surface area contributed by atoms with Crippen LogP contribution in [-0.2, 0) is 0 Å². The molecule has 2 aromatic carbocycles. The Morgan fingerprint density at radius 3 is 2.42 bits per heavy atom. The predicted octanol–water partition coefficient (Wildman–Crippen LogP) is 5.26. The molecule has 0 bridgehead atoms. The average Bonchev–Trinajstić information content (AvgIpc) is 2.96. The topological polar surface area (TPSA) is 22.4 Å². The van der Waals surface area contributed by atoms with Gasteiger partial charge in [-0.15, -0.1) is 0 Å². The van der Waals surface area contributed by atoms with E-state index < -0.39 is 0 Å². The molecule has 0 amide bonds. The first-order valence-electron chi connectivity index (χ1n) is 6.44. The van der Waals surface area contributed by atoms with Gasteiger partial charge in [-0.05, 0) is 41.1 Å². The van der Waals surface area contributed by atoms with Crippen LogP contribution in [0.25, 0.3) is 27.8 Å². The molecule has 3 rings (SSSR count). The van der Waals surface area contributed by atoms with Crippen molar-refractivity contribution in [3.8, 4) is 5.75 Å². The molecule has 0 aliphatic rings. The van der Waals surface area contributed by atoms with Gasteiger partial charge in [-0.2, -0.15) is 0 Å². The number of fused-ring (bicyclic) bond motifs is 3. The molecule has 0 radical (unpaired) electrons. The molecule has 0 fully saturated rings. The number of hydrogen-bond donors (Lipinski definition) is 0. The summed E-state index contributed by atoms with van der Waals surface area (Å²) in [5.74, 6) is 0.843. The van der Waals surface area contributed by atoms with Crippen LogP contribution in [-0.4, -0.2) is 7.11 Å². The lowest BCUT2D eigenvalue weighted by molar-refractivity contribution is 0.414. The molecule has 19 heavy (non-hydrogen) atoms. The molecule has 0 aliphatic heterocycles. The number of furan rings is 1. The van der Waals surface area contributed by atoms with Gasteiger partial charge in [0.05, 0.1) is 13.4 Å². The summed E-state index contributed by atoms with van der Waals surface area (Å²) in [6.45, 7) is 7.85. The minimum Gasteiger partial charge on any atom is -0.496 e. The average molecular weight is 254 g/mol. The van der Waals surface area contributed by atoms with E-state index in [1.54, 1.807) is 13.4 Å². The number of methoxy groups -OCH3 is 1. The Hall–Kier alpha value is -2.22. The van der Waals surface area contributed by atoms with Crippen LogP contribution >= 0.6 is 0 Å². The molecule has 0 atom stereocenters. The Balaban J connectivity index is 0.000000637. The lowest BCUT2D eigenvalue weighted by atomic mass is 10.0. The van der Waals surface area contributed by atoms with Crippen molar-refractivity contribution in [2.24, 2.45) is 0 Å². The van der Waals surface area contributed by atoms with Crippen LogP contribution in [0.3, 0.4) is 0 Å². The number of ether oxygens (including phenoxy) is 1. The van der Waals surface area contributed by atoms with Crippen LogP contribution in [0.15, 0.2) is 47.6 Å². The van der Waals surface area contributed by atoms with Gasteiger partial charge in [0.15, 0.2) is 0 Å². The maximum absolute atomic E-state index is 5.40. The second kappa shape index (κ2) is 5.61. The van der Waals surface area contributed by atoms with Crippen LogP contribution in [0.2, 0.25) is 0 Å². The van der Waals surface area contributed by atoms with E-state index in [4.69, 9.17) is 9.15 Å². The molecular weight excluding hydrogens is 236 g/mol. The third-order valence-corrected chi connectivity index (χ3v) is 3.06. The van der Waals surface area contributed by atoms with E-state index in [1.807, 2.05) is 44.2 Å². The van der Waals surface area contributed by atoms with Crippen molar-refractivity contribution in [1.29, 1.82) is 0 Å². The lowest BCUT2D eigenvalue weighted by Gasteiger charge is -2.09. The van der Waals surface area contributed by atoms with Gasteiger partial charge in [0.1, 0.15) is 11.3 Å². The summed E-state index contributed by atoms with van der Waals surface area (Å²) in [5.41, 5.74) is 1.92. The zero-order valence-corrected chi connectivity index (χ0v) is 11.6. The smallest absolute Gasteiger partial charge is 0.134 e. The quantitative estimate of drug-likeness (QED) is 0.622. The summed E-state index contributed by atoms with van der Waals surface area (Å²) in [6, 6.07) is 10.0. The van der Waals surface area contributed by atoms with Crippen LogP contribution in [0.1, 0.15) is 19.4 Å². The Labute approximate surface area is 113 Å². The van der Waals surface area contributed by atoms with Gasteiger partial charge in [-0.1, -0.05) is 26.5 Å². The normalized spacial score (nSPS) is 10.1. The van der Waals surface area contributed by atoms with E-state index in [1.165, 1.54) is 0 Å². The van der Waals surface area contributed by atoms with E-state index in [-0.39, 0.29) is 0 Å². The van der Waals surface area contributed by atoms with E-state index in [9.17, 15) is 0 Å². The third-order valence-electron chi connectivity index (χ3n) is 3.06. The van der Waals surface area contributed by atoms with Gasteiger partial charge in [-0.3, -0.25) is 0 Å². The molecule has 1 heterocycles. The highest BCUT2D eigenvalue weighted by Crippen LogP contribution is 2.33. The number of rotatable bonds is 2. The maximum Gasteiger partial charge on any atom is 0.134 e. The number of hydrogen-bond acceptors (Lipinski definition) is 2. The summed E-state index contributed by atoms with van der Waals surface area (Å²) >= 11 is 0. The second-order valence-electron chi connectivity index (χ2n) is 3.88. The van der Waals surface area contributed by atoms with Gasteiger partial charge in [0.25, 0.3) is 0 Å². The standard InChI is InChI=1S/C15H12O2.C2H6/c1-3-10-11-5-7-15-13(8-9-17-15)12(11)4-6-14(10)16-2;1-2/h3-9H,1H2,2H3;1-2H3. The van der Waals surface area contributed by atoms with Gasteiger partial charge in [-0.25, -0.2) is 0 Å². The van der Waals surface area contributed by atoms with Crippen molar-refractivity contribution >= 4 is 27.8 Å². The van der Waals surface area contributed by atoms with Gasteiger partial charge in [0, 0.05) is 10.9 Å². The molecule has 3 aromatic rings. The van der Waals surface area contributed by atoms with Crippen LogP contribution < -0.4 is 4.74 Å². The summed E-state index contributed by atoms with van der Waals surface area (Å²) in [4.78, 5) is 0. The zero-order valence-electron chi connectivity index (χ0n) is 11.6. The summed E-state index contributed by atoms with van der Waals surface area (Å²) in [5, 5.41) is 3.41. The van der Waals surface area contributed by atoms with E-state index in [0.717, 1.165) is 33.1 Å². The van der Waals surface area contributed by atoms with Crippen molar-refractivity contribution in [1.82, 2.24) is 0 Å². The SMILES string of the molecule is C=Cc1c(OC)ccc2c1ccc1occc12.CC. The fourth-order valence-corrected chi connectivity index (χ4v) is 2.25. The molecule has 0 unspecified atom stereocenters. The third kappa shape index (κ3) is 2.10. The minimum absolute atomic E-state index is 0.843. The molecule has 0 saturated heterocycles. The van der Waals surface area contributed by atoms with E-state index in [0.29, 0.717) is 0 Å². The first-order chi connectivity index (χ1) is 9.35. The van der Waals surface area contributed by atoms with Crippen molar-refractivity contribution < 1.29 is 9.15 Å². The summed E-state index contributed by atoms with van der Waals surface area (Å²) in [6.07, 6.45) is 3.54. The van der Waals surface area contributed by atoms with E-state index >= 15 is 0 Å². The number of benzene rings is 2. The molecule has 98 valence electrons. The summed E-state index contributed by atoms with van der Waals surface area (Å²) in [7, 11) is 1.67. The van der Waals surface area contributed by atoms with Crippen LogP contribution in [0.5, 0.6) is 5.75 Å². The Morgan fingerprint density at radius 1 is 1.00 bits per heavy atom. The molecule has 0 saturated carbocycles. The van der Waals surface area contributed by atoms with Gasteiger partial charge in [0.2, 0.25) is 0 Å². The van der Waals surface area contributed by atoms with Gasteiger partial charge >= 0.3 is 0 Å². The first kappa shape index (κ1) is 13.2. The molecule has 2 nitrogen and oxygen atoms in total. The largest absolute Gasteiger partial charge is 0.496 e. The lowest BCUT2D eigenvalue weighted by Crippen LogP contribution is -1.88. The first-order valence-corrected chi connectivity index (χ1v) is 6.44. The Morgan fingerprint density at radius 2 is 1.74 bits per heavy atom. The van der Waals surface area contributed by atoms with Crippen molar-refractivity contribution in [2.45, 2.75) is 13.8 Å². The molecule has 1 aromatic heterocycles. The van der Waals surface area contributed by atoms with Crippen molar-refractivity contribution in [2.75, 3.05) is 7.11 Å². The fraction of sp³-hybridized carbons (Fsp3) is 0.176. The van der Waals surface area contributed by atoms with Gasteiger partial charge < -0.3 is 9.15 Å². The Kier molecular flexibility index (Phi) is 3.91. The fourth-order valence-electron chi connectivity index (χ4n) is 2.25. The zero-order chi connectivity index (χ0) is 13.8. The van der Waals surface area contributed by atoms with Crippen LogP contribution in [0, 0.1) is 0 Å². The van der Waals surface area contributed by atoms with Crippen LogP contribution in [0.4, 0.5) is 0 Å². The van der Waals surface area contributed by atoms with Crippen molar-refractivity contribution in [3.05, 3.63) is 48.7 Å². The van der Waals surface area contributed by atoms with E-state index in [2.05, 4.69) is 12.6 Å². The highest BCUT2D eigenvalue weighted by Gasteiger charge is 2.08. The molecule has 0 N–H and O–H groups in total. The highest BCUT2D eigenvalue weighted by molar-refractivity contribution is 6.09. The molecular formula is C17H18O2. The maximum atomic E-state index is 5.40.